The number of carbonyl (C=O) groups excluding carboxylic acids is 3. The Morgan fingerprint density at radius 2 is 1.62 bits per heavy atom. The molecule has 0 aromatic heterocycles. The highest BCUT2D eigenvalue weighted by atomic mass is 79.9. The number of alkyl halides is 2. The van der Waals surface area contributed by atoms with E-state index in [2.05, 4.69) is 47.8 Å². The van der Waals surface area contributed by atoms with Gasteiger partial charge in [0.15, 0.2) is 0 Å². The first-order valence-corrected chi connectivity index (χ1v) is 13.3. The quantitative estimate of drug-likeness (QED) is 0.201. The van der Waals surface area contributed by atoms with Crippen LogP contribution in [0.3, 0.4) is 0 Å². The van der Waals surface area contributed by atoms with Gasteiger partial charge < -0.3 is 0 Å². The Bertz CT molecular complexity index is 1170. The molecule has 3 amide bonds. The van der Waals surface area contributed by atoms with Crippen molar-refractivity contribution >= 4 is 71.2 Å². The van der Waals surface area contributed by atoms with E-state index in [1.54, 1.807) is 24.3 Å². The van der Waals surface area contributed by atoms with E-state index in [-0.39, 0.29) is 51.1 Å². The molecule has 8 nitrogen and oxygen atoms in total. The van der Waals surface area contributed by atoms with Gasteiger partial charge in [-0.3, -0.25) is 24.5 Å². The number of fused-ring (bicyclic) bond motifs is 5. The lowest BCUT2D eigenvalue weighted by Gasteiger charge is -2.31. The van der Waals surface area contributed by atoms with Crippen LogP contribution >= 0.6 is 47.8 Å². The summed E-state index contributed by atoms with van der Waals surface area (Å²) in [6.45, 7) is -0.0312. The van der Waals surface area contributed by atoms with Gasteiger partial charge in [-0.05, 0) is 42.0 Å². The number of nitro benzene ring substituents is 1. The fraction of sp³-hybridized carbons (Fsp3) is 0.348. The van der Waals surface area contributed by atoms with Crippen LogP contribution in [0.5, 0.6) is 0 Å². The zero-order valence-electron chi connectivity index (χ0n) is 17.5. The SMILES string of the molecule is O=C(c1cccc([N+](=O)[O-])c1)N(Cc1ccc(Br)cc1)N1C(=O)[C@@H]2[C@H]3C[C@@H]([C@H](Br)[C@H]3Br)[C@@H]2C1=O. The second kappa shape index (κ2) is 8.83. The maximum absolute atomic E-state index is 13.6. The molecule has 34 heavy (non-hydrogen) atoms. The molecular formula is C23H18Br3N3O5. The molecule has 2 bridgehead atoms. The van der Waals surface area contributed by atoms with Crippen LogP contribution in [0, 0.1) is 33.8 Å². The lowest BCUT2D eigenvalue weighted by Crippen LogP contribution is -2.50. The smallest absolute Gasteiger partial charge is 0.272 e. The van der Waals surface area contributed by atoms with E-state index in [1.165, 1.54) is 18.2 Å². The Morgan fingerprint density at radius 3 is 2.18 bits per heavy atom. The fourth-order valence-corrected chi connectivity index (χ4v) is 7.61. The van der Waals surface area contributed by atoms with Gasteiger partial charge in [-0.15, -0.1) is 0 Å². The summed E-state index contributed by atoms with van der Waals surface area (Å²) in [6, 6.07) is 12.5. The molecule has 2 aliphatic carbocycles. The number of hydrogen-bond donors (Lipinski definition) is 0. The van der Waals surface area contributed by atoms with Crippen molar-refractivity contribution in [2.75, 3.05) is 0 Å². The van der Waals surface area contributed by atoms with Gasteiger partial charge in [0, 0.05) is 31.8 Å². The van der Waals surface area contributed by atoms with Crippen molar-refractivity contribution in [3.8, 4) is 0 Å². The zero-order chi connectivity index (χ0) is 24.3. The van der Waals surface area contributed by atoms with Gasteiger partial charge in [-0.25, -0.2) is 5.01 Å². The van der Waals surface area contributed by atoms with Crippen molar-refractivity contribution in [2.24, 2.45) is 23.7 Å². The topological polar surface area (TPSA) is 101 Å². The number of hydrazine groups is 1. The second-order valence-corrected chi connectivity index (χ2v) is 11.8. The monoisotopic (exact) mass is 653 g/mol. The molecule has 3 aliphatic rings. The predicted octanol–water partition coefficient (Wildman–Crippen LogP) is 4.69. The predicted molar refractivity (Wildman–Crippen MR) is 133 cm³/mol. The van der Waals surface area contributed by atoms with Crippen LogP contribution in [0.4, 0.5) is 5.69 Å². The molecule has 1 heterocycles. The molecule has 1 aliphatic heterocycles. The van der Waals surface area contributed by atoms with Crippen molar-refractivity contribution in [3.63, 3.8) is 0 Å². The summed E-state index contributed by atoms with van der Waals surface area (Å²) in [5.74, 6) is -2.38. The lowest BCUT2D eigenvalue weighted by atomic mass is 9.81. The minimum atomic E-state index is -0.647. The molecule has 2 aromatic rings. The van der Waals surface area contributed by atoms with Crippen molar-refractivity contribution < 1.29 is 19.3 Å². The normalized spacial score (nSPS) is 29.4. The third-order valence-corrected chi connectivity index (χ3v) is 10.7. The summed E-state index contributed by atoms with van der Waals surface area (Å²) in [5.41, 5.74) is 0.496. The van der Waals surface area contributed by atoms with Gasteiger partial charge in [0.1, 0.15) is 0 Å². The number of halogens is 3. The van der Waals surface area contributed by atoms with Gasteiger partial charge in [-0.1, -0.05) is 66.0 Å². The number of carbonyl (C=O) groups is 3. The average molecular weight is 656 g/mol. The Kier molecular flexibility index (Phi) is 6.14. The van der Waals surface area contributed by atoms with Crippen molar-refractivity contribution in [1.82, 2.24) is 10.0 Å². The Balaban J connectivity index is 1.53. The largest absolute Gasteiger partial charge is 0.273 e. The van der Waals surface area contributed by atoms with Crippen LogP contribution < -0.4 is 0 Å². The highest BCUT2D eigenvalue weighted by Gasteiger charge is 2.67. The molecule has 2 saturated carbocycles. The van der Waals surface area contributed by atoms with Crippen LogP contribution in [-0.2, 0) is 16.1 Å². The van der Waals surface area contributed by atoms with E-state index in [9.17, 15) is 24.5 Å². The van der Waals surface area contributed by atoms with Gasteiger partial charge in [0.25, 0.3) is 23.4 Å². The summed E-state index contributed by atoms with van der Waals surface area (Å²) < 4.78 is 0.846. The number of non-ortho nitro benzene ring substituents is 1. The van der Waals surface area contributed by atoms with E-state index in [0.717, 1.165) is 27.0 Å². The minimum absolute atomic E-state index is 0.00303. The number of imide groups is 1. The number of hydrogen-bond acceptors (Lipinski definition) is 5. The molecule has 5 rings (SSSR count). The number of amides is 3. The van der Waals surface area contributed by atoms with Gasteiger partial charge >= 0.3 is 0 Å². The van der Waals surface area contributed by atoms with Gasteiger partial charge in [-0.2, -0.15) is 5.01 Å². The summed E-state index contributed by atoms with van der Waals surface area (Å²) in [7, 11) is 0. The zero-order valence-corrected chi connectivity index (χ0v) is 22.3. The van der Waals surface area contributed by atoms with E-state index >= 15 is 0 Å². The van der Waals surface area contributed by atoms with Crippen LogP contribution in [-0.4, -0.2) is 42.3 Å². The maximum Gasteiger partial charge on any atom is 0.273 e. The summed E-state index contributed by atoms with van der Waals surface area (Å²) in [6.07, 6.45) is 0.776. The molecule has 0 unspecified atom stereocenters. The van der Waals surface area contributed by atoms with Gasteiger partial charge in [0.05, 0.1) is 23.3 Å². The van der Waals surface area contributed by atoms with E-state index in [1.807, 2.05) is 0 Å². The first-order valence-electron chi connectivity index (χ1n) is 10.7. The van der Waals surface area contributed by atoms with Crippen LogP contribution in [0.2, 0.25) is 0 Å². The second-order valence-electron chi connectivity index (χ2n) is 8.79. The first-order chi connectivity index (χ1) is 16.2. The Morgan fingerprint density at radius 1 is 1.03 bits per heavy atom. The minimum Gasteiger partial charge on any atom is -0.272 e. The molecule has 1 saturated heterocycles. The third-order valence-electron chi connectivity index (χ3n) is 6.99. The Labute approximate surface area is 220 Å². The van der Waals surface area contributed by atoms with Crippen LogP contribution in [0.1, 0.15) is 22.3 Å². The molecule has 3 fully saturated rings. The van der Waals surface area contributed by atoms with Crippen molar-refractivity contribution in [3.05, 3.63) is 74.2 Å². The van der Waals surface area contributed by atoms with E-state index < -0.39 is 22.7 Å². The fourth-order valence-electron chi connectivity index (χ4n) is 5.47. The number of nitro groups is 1. The molecule has 6 atom stereocenters. The molecular weight excluding hydrogens is 638 g/mol. The first kappa shape index (κ1) is 23.6. The number of nitrogens with zero attached hydrogens (tertiary/aromatic N) is 3. The molecule has 0 N–H and O–H groups in total. The van der Waals surface area contributed by atoms with E-state index in [0.29, 0.717) is 5.56 Å². The van der Waals surface area contributed by atoms with Crippen LogP contribution in [0.15, 0.2) is 53.0 Å². The summed E-state index contributed by atoms with van der Waals surface area (Å²) in [5, 5.41) is 13.4. The average Bonchev–Trinajstić information content (AvgIpc) is 3.43. The Hall–Kier alpha value is -2.11. The number of benzene rings is 2. The molecule has 176 valence electrons. The van der Waals surface area contributed by atoms with Crippen molar-refractivity contribution in [2.45, 2.75) is 22.6 Å². The standard InChI is InChI=1S/C23H18Br3N3O5/c24-13-6-4-11(5-7-13)10-27(21(30)12-2-1-3-14(8-12)29(33)34)28-22(31)17-15-9-16(18(17)23(28)32)20(26)19(15)25/h1-8,15-20H,9-10H2/t15-,16-,17-,18+,19+,20+/m1/s1. The molecule has 11 heteroatoms. The lowest BCUT2D eigenvalue weighted by molar-refractivity contribution is -0.384. The molecule has 0 spiro atoms. The number of rotatable bonds is 5. The van der Waals surface area contributed by atoms with Crippen molar-refractivity contribution in [1.29, 1.82) is 0 Å². The third kappa shape index (κ3) is 3.72. The molecule has 0 radical (unpaired) electrons. The molecule has 2 aromatic carbocycles. The summed E-state index contributed by atoms with van der Waals surface area (Å²) in [4.78, 5) is 51.6. The van der Waals surface area contributed by atoms with Crippen LogP contribution in [0.25, 0.3) is 0 Å². The highest BCUT2D eigenvalue weighted by molar-refractivity contribution is 9.12. The summed E-state index contributed by atoms with van der Waals surface area (Å²) >= 11 is 10.7. The maximum atomic E-state index is 13.6. The highest BCUT2D eigenvalue weighted by Crippen LogP contribution is 2.60. The van der Waals surface area contributed by atoms with E-state index in [4.69, 9.17) is 0 Å². The van der Waals surface area contributed by atoms with Gasteiger partial charge in [0.2, 0.25) is 0 Å².